The van der Waals surface area contributed by atoms with Crippen LogP contribution in [0.1, 0.15) is 44.1 Å². The molecule has 1 aromatic carbocycles. The van der Waals surface area contributed by atoms with Gasteiger partial charge in [-0.05, 0) is 62.5 Å². The molecule has 156 valence electrons. The summed E-state index contributed by atoms with van der Waals surface area (Å²) in [6, 6.07) is 3.65. The number of ether oxygens (including phenoxy) is 1. The molecule has 1 aromatic rings. The first-order valence-electron chi connectivity index (χ1n) is 10.2. The molecule has 2 heterocycles. The predicted molar refractivity (Wildman–Crippen MR) is 102 cm³/mol. The van der Waals surface area contributed by atoms with Gasteiger partial charge in [0.25, 0.3) is 0 Å². The number of carbonyl (C=O) groups is 1. The molecule has 0 aliphatic carbocycles. The third-order valence-corrected chi connectivity index (χ3v) is 6.03. The smallest absolute Gasteiger partial charge is 0.317 e. The number of nitrogens with zero attached hydrogens (tertiary/aromatic N) is 1. The molecule has 0 saturated carbocycles. The van der Waals surface area contributed by atoms with Crippen LogP contribution in [-0.2, 0) is 11.2 Å². The molecule has 5 nitrogen and oxygen atoms in total. The van der Waals surface area contributed by atoms with Crippen LogP contribution < -0.4 is 5.32 Å². The van der Waals surface area contributed by atoms with Crippen LogP contribution >= 0.6 is 0 Å². The van der Waals surface area contributed by atoms with Gasteiger partial charge in [0.05, 0.1) is 5.60 Å². The lowest BCUT2D eigenvalue weighted by Gasteiger charge is -2.34. The van der Waals surface area contributed by atoms with Crippen LogP contribution in [-0.4, -0.2) is 54.5 Å². The Morgan fingerprint density at radius 3 is 2.64 bits per heavy atom. The lowest BCUT2D eigenvalue weighted by molar-refractivity contribution is -0.0670. The molecular formula is C21H30F2N2O3. The number of piperidine rings is 1. The Hall–Kier alpha value is -1.73. The molecule has 28 heavy (non-hydrogen) atoms. The fraction of sp³-hybridized carbons (Fsp3) is 0.667. The number of amides is 2. The number of halogens is 2. The van der Waals surface area contributed by atoms with Gasteiger partial charge in [-0.15, -0.1) is 0 Å². The van der Waals surface area contributed by atoms with Gasteiger partial charge < -0.3 is 20.1 Å². The second-order valence-corrected chi connectivity index (χ2v) is 8.02. The summed E-state index contributed by atoms with van der Waals surface area (Å²) in [5, 5.41) is 13.3. The standard InChI is InChI=1S/C21H30F2N2O3/c22-18-4-3-17(19(23)15-18)2-1-16-5-11-25(12-6-16)20(26)24-10-7-21(27)8-13-28-14-9-21/h3-4,15-16,27H,1-2,5-14H2,(H,24,26). The fourth-order valence-electron chi connectivity index (χ4n) is 4.02. The monoisotopic (exact) mass is 396 g/mol. The van der Waals surface area contributed by atoms with E-state index in [1.54, 1.807) is 0 Å². The van der Waals surface area contributed by atoms with Gasteiger partial charge in [-0.25, -0.2) is 13.6 Å². The largest absolute Gasteiger partial charge is 0.390 e. The maximum absolute atomic E-state index is 13.7. The maximum Gasteiger partial charge on any atom is 0.317 e. The molecule has 0 radical (unpaired) electrons. The molecule has 2 aliphatic heterocycles. The minimum atomic E-state index is -0.728. The van der Waals surface area contributed by atoms with E-state index in [0.717, 1.165) is 25.3 Å². The lowest BCUT2D eigenvalue weighted by atomic mass is 9.90. The van der Waals surface area contributed by atoms with E-state index < -0.39 is 17.2 Å². The highest BCUT2D eigenvalue weighted by Gasteiger charge is 2.30. The third-order valence-electron chi connectivity index (χ3n) is 6.03. The van der Waals surface area contributed by atoms with Crippen LogP contribution in [0, 0.1) is 17.6 Å². The second kappa shape index (κ2) is 9.65. The number of aliphatic hydroxyl groups is 1. The van der Waals surface area contributed by atoms with Crippen molar-refractivity contribution in [3.05, 3.63) is 35.4 Å². The Balaban J connectivity index is 1.34. The number of likely N-dealkylation sites (tertiary alicyclic amines) is 1. The van der Waals surface area contributed by atoms with Crippen LogP contribution in [0.3, 0.4) is 0 Å². The highest BCUT2D eigenvalue weighted by atomic mass is 19.1. The van der Waals surface area contributed by atoms with Crippen LogP contribution in [0.15, 0.2) is 18.2 Å². The highest BCUT2D eigenvalue weighted by molar-refractivity contribution is 5.74. The number of carbonyl (C=O) groups excluding carboxylic acids is 1. The average molecular weight is 396 g/mol. The molecule has 2 N–H and O–H groups in total. The number of rotatable bonds is 6. The molecule has 2 fully saturated rings. The van der Waals surface area contributed by atoms with E-state index >= 15 is 0 Å². The lowest BCUT2D eigenvalue weighted by Crippen LogP contribution is -2.46. The van der Waals surface area contributed by atoms with Gasteiger partial charge in [-0.3, -0.25) is 0 Å². The van der Waals surface area contributed by atoms with Crippen molar-refractivity contribution >= 4 is 6.03 Å². The molecule has 2 aliphatic rings. The van der Waals surface area contributed by atoms with Gasteiger partial charge in [0.2, 0.25) is 0 Å². The van der Waals surface area contributed by atoms with Gasteiger partial charge in [0.1, 0.15) is 11.6 Å². The molecule has 2 amide bonds. The van der Waals surface area contributed by atoms with Crippen molar-refractivity contribution in [2.24, 2.45) is 5.92 Å². The zero-order valence-corrected chi connectivity index (χ0v) is 16.3. The van der Waals surface area contributed by atoms with Crippen LogP contribution in [0.2, 0.25) is 0 Å². The normalized spacial score (nSPS) is 20.2. The minimum absolute atomic E-state index is 0.0845. The summed E-state index contributed by atoms with van der Waals surface area (Å²) in [4.78, 5) is 14.1. The quantitative estimate of drug-likeness (QED) is 0.776. The van der Waals surface area contributed by atoms with Gasteiger partial charge in [0.15, 0.2) is 0 Å². The Bertz CT molecular complexity index is 657. The maximum atomic E-state index is 13.7. The SMILES string of the molecule is O=C(NCCC1(O)CCOCC1)N1CCC(CCc2ccc(F)cc2F)CC1. The summed E-state index contributed by atoms with van der Waals surface area (Å²) in [6.45, 7) is 2.96. The van der Waals surface area contributed by atoms with Crippen molar-refractivity contribution in [3.8, 4) is 0 Å². The molecule has 2 saturated heterocycles. The number of hydrogen-bond donors (Lipinski definition) is 2. The van der Waals surface area contributed by atoms with Crippen molar-refractivity contribution < 1.29 is 23.4 Å². The van der Waals surface area contributed by atoms with Crippen molar-refractivity contribution in [3.63, 3.8) is 0 Å². The van der Waals surface area contributed by atoms with Gasteiger partial charge in [-0.2, -0.15) is 0 Å². The average Bonchev–Trinajstić information content (AvgIpc) is 2.68. The Labute approximate surface area is 165 Å². The first-order chi connectivity index (χ1) is 13.5. The summed E-state index contributed by atoms with van der Waals surface area (Å²) >= 11 is 0. The van der Waals surface area contributed by atoms with E-state index in [1.165, 1.54) is 12.1 Å². The van der Waals surface area contributed by atoms with E-state index in [2.05, 4.69) is 5.32 Å². The molecule has 0 atom stereocenters. The second-order valence-electron chi connectivity index (χ2n) is 8.02. The van der Waals surface area contributed by atoms with Crippen molar-refractivity contribution in [2.45, 2.75) is 50.5 Å². The molecule has 0 aromatic heterocycles. The molecule has 0 bridgehead atoms. The number of hydrogen-bond acceptors (Lipinski definition) is 3. The molecule has 0 unspecified atom stereocenters. The molecule has 3 rings (SSSR count). The van der Waals surface area contributed by atoms with Crippen LogP contribution in [0.4, 0.5) is 13.6 Å². The zero-order chi connectivity index (χ0) is 20.0. The Morgan fingerprint density at radius 2 is 1.96 bits per heavy atom. The van der Waals surface area contributed by atoms with E-state index in [0.29, 0.717) is 70.0 Å². The van der Waals surface area contributed by atoms with Gasteiger partial charge in [0, 0.05) is 38.9 Å². The third kappa shape index (κ3) is 5.88. The van der Waals surface area contributed by atoms with Crippen molar-refractivity contribution in [1.29, 1.82) is 0 Å². The van der Waals surface area contributed by atoms with E-state index in [1.807, 2.05) is 4.90 Å². The molecular weight excluding hydrogens is 366 g/mol. The first kappa shape index (κ1) is 21.0. The van der Waals surface area contributed by atoms with E-state index in [-0.39, 0.29) is 6.03 Å². The zero-order valence-electron chi connectivity index (χ0n) is 16.3. The minimum Gasteiger partial charge on any atom is -0.390 e. The van der Waals surface area contributed by atoms with E-state index in [4.69, 9.17) is 4.74 Å². The summed E-state index contributed by atoms with van der Waals surface area (Å²) in [5.41, 5.74) is -0.179. The van der Waals surface area contributed by atoms with E-state index in [9.17, 15) is 18.7 Å². The summed E-state index contributed by atoms with van der Waals surface area (Å²) in [6.07, 6.45) is 4.97. The Morgan fingerprint density at radius 1 is 1.25 bits per heavy atom. The van der Waals surface area contributed by atoms with Crippen molar-refractivity contribution in [2.75, 3.05) is 32.8 Å². The number of urea groups is 1. The van der Waals surface area contributed by atoms with Crippen molar-refractivity contribution in [1.82, 2.24) is 10.2 Å². The summed E-state index contributed by atoms with van der Waals surface area (Å²) in [7, 11) is 0. The number of benzene rings is 1. The fourth-order valence-corrected chi connectivity index (χ4v) is 4.02. The van der Waals surface area contributed by atoms with Gasteiger partial charge in [-0.1, -0.05) is 6.07 Å². The van der Waals surface area contributed by atoms with Crippen LogP contribution in [0.5, 0.6) is 0 Å². The summed E-state index contributed by atoms with van der Waals surface area (Å²) in [5.74, 6) is -0.594. The molecule has 0 spiro atoms. The predicted octanol–water partition coefficient (Wildman–Crippen LogP) is 3.25. The van der Waals surface area contributed by atoms with Gasteiger partial charge >= 0.3 is 6.03 Å². The first-order valence-corrected chi connectivity index (χ1v) is 10.2. The van der Waals surface area contributed by atoms with Crippen LogP contribution in [0.25, 0.3) is 0 Å². The summed E-state index contributed by atoms with van der Waals surface area (Å²) < 4.78 is 32.0. The number of nitrogens with one attached hydrogen (secondary N) is 1. The number of aryl methyl sites for hydroxylation is 1. The highest BCUT2D eigenvalue weighted by Crippen LogP contribution is 2.25. The topological polar surface area (TPSA) is 61.8 Å². The Kier molecular flexibility index (Phi) is 7.24. The molecule has 7 heteroatoms.